The number of nitrogens with zero attached hydrogens (tertiary/aromatic N) is 1. The lowest BCUT2D eigenvalue weighted by molar-refractivity contribution is -0.131. The van der Waals surface area contributed by atoms with Crippen LogP contribution < -0.4 is 5.32 Å². The highest BCUT2D eigenvalue weighted by Crippen LogP contribution is 2.13. The molecule has 0 unspecified atom stereocenters. The zero-order valence-electron chi connectivity index (χ0n) is 14.4. The van der Waals surface area contributed by atoms with E-state index >= 15 is 0 Å². The molecule has 1 saturated heterocycles. The summed E-state index contributed by atoms with van der Waals surface area (Å²) in [7, 11) is 0. The van der Waals surface area contributed by atoms with Gasteiger partial charge < -0.3 is 10.2 Å². The van der Waals surface area contributed by atoms with E-state index in [1.54, 1.807) is 0 Å². The van der Waals surface area contributed by atoms with E-state index in [2.05, 4.69) is 5.32 Å². The van der Waals surface area contributed by atoms with Gasteiger partial charge in [-0.3, -0.25) is 9.59 Å². The fourth-order valence-electron chi connectivity index (χ4n) is 3.22. The van der Waals surface area contributed by atoms with Gasteiger partial charge in [-0.25, -0.2) is 0 Å². The number of benzene rings is 2. The summed E-state index contributed by atoms with van der Waals surface area (Å²) in [5.74, 6) is 0.223. The third-order valence-electron chi connectivity index (χ3n) is 4.62. The van der Waals surface area contributed by atoms with Crippen LogP contribution in [0.2, 0.25) is 0 Å². The van der Waals surface area contributed by atoms with Crippen LogP contribution >= 0.6 is 0 Å². The maximum atomic E-state index is 12.4. The molecule has 2 aromatic carbocycles. The van der Waals surface area contributed by atoms with Crippen LogP contribution in [0, 0.1) is 0 Å². The largest absolute Gasteiger partial charge is 0.353 e. The molecule has 1 heterocycles. The molecule has 130 valence electrons. The zero-order valence-corrected chi connectivity index (χ0v) is 14.4. The summed E-state index contributed by atoms with van der Waals surface area (Å²) < 4.78 is 0. The first-order valence-electron chi connectivity index (χ1n) is 8.86. The normalized spacial score (nSPS) is 15.0. The second-order valence-electron chi connectivity index (χ2n) is 6.55. The van der Waals surface area contributed by atoms with Crippen molar-refractivity contribution >= 4 is 11.8 Å². The van der Waals surface area contributed by atoms with E-state index in [9.17, 15) is 9.59 Å². The summed E-state index contributed by atoms with van der Waals surface area (Å²) in [6.45, 7) is 1.42. The van der Waals surface area contributed by atoms with Crippen molar-refractivity contribution in [1.29, 1.82) is 0 Å². The van der Waals surface area contributed by atoms with Gasteiger partial charge in [0.15, 0.2) is 0 Å². The standard InChI is InChI=1S/C21H24N2O2/c24-20(15-17-7-3-1-4-8-17)22-19-11-13-23(14-12-19)21(25)16-18-9-5-2-6-10-18/h1-10,19H,11-16H2,(H,22,24). The van der Waals surface area contributed by atoms with Crippen LogP contribution in [0.15, 0.2) is 60.7 Å². The Balaban J connectivity index is 1.42. The van der Waals surface area contributed by atoms with Crippen molar-refractivity contribution in [1.82, 2.24) is 10.2 Å². The van der Waals surface area contributed by atoms with E-state index in [1.807, 2.05) is 65.6 Å². The molecule has 0 bridgehead atoms. The number of hydrogen-bond acceptors (Lipinski definition) is 2. The Hall–Kier alpha value is -2.62. The van der Waals surface area contributed by atoms with Gasteiger partial charge in [0.1, 0.15) is 0 Å². The average Bonchev–Trinajstić information content (AvgIpc) is 2.64. The minimum absolute atomic E-state index is 0.0558. The SMILES string of the molecule is O=C(Cc1ccccc1)NC1CCN(C(=O)Cc2ccccc2)CC1. The van der Waals surface area contributed by atoms with Crippen LogP contribution in [-0.4, -0.2) is 35.8 Å². The zero-order chi connectivity index (χ0) is 17.5. The molecule has 3 rings (SSSR count). The lowest BCUT2D eigenvalue weighted by Gasteiger charge is -2.32. The first-order chi connectivity index (χ1) is 12.2. The molecule has 0 aliphatic carbocycles. The van der Waals surface area contributed by atoms with Crippen molar-refractivity contribution in [2.45, 2.75) is 31.7 Å². The molecule has 1 aliphatic heterocycles. The van der Waals surface area contributed by atoms with E-state index in [0.29, 0.717) is 25.9 Å². The maximum Gasteiger partial charge on any atom is 0.226 e. The Bertz CT molecular complexity index is 692. The van der Waals surface area contributed by atoms with E-state index in [0.717, 1.165) is 24.0 Å². The molecule has 0 spiro atoms. The molecule has 0 saturated carbocycles. The van der Waals surface area contributed by atoms with Crippen molar-refractivity contribution in [3.8, 4) is 0 Å². The molecule has 1 aliphatic rings. The summed E-state index contributed by atoms with van der Waals surface area (Å²) in [4.78, 5) is 26.4. The van der Waals surface area contributed by atoms with Gasteiger partial charge in [-0.2, -0.15) is 0 Å². The molecule has 2 aromatic rings. The van der Waals surface area contributed by atoms with Crippen molar-refractivity contribution < 1.29 is 9.59 Å². The lowest BCUT2D eigenvalue weighted by atomic mass is 10.0. The number of carbonyl (C=O) groups is 2. The predicted octanol–water partition coefficient (Wildman–Crippen LogP) is 2.58. The maximum absolute atomic E-state index is 12.4. The lowest BCUT2D eigenvalue weighted by Crippen LogP contribution is -2.47. The second kappa shape index (κ2) is 8.47. The Labute approximate surface area is 148 Å². The molecular weight excluding hydrogens is 312 g/mol. The van der Waals surface area contributed by atoms with Crippen LogP contribution in [0.5, 0.6) is 0 Å². The number of rotatable bonds is 5. The molecule has 1 fully saturated rings. The minimum Gasteiger partial charge on any atom is -0.353 e. The van der Waals surface area contributed by atoms with E-state index in [-0.39, 0.29) is 17.9 Å². The molecule has 0 radical (unpaired) electrons. The smallest absolute Gasteiger partial charge is 0.226 e. The minimum atomic E-state index is 0.0558. The molecule has 4 nitrogen and oxygen atoms in total. The van der Waals surface area contributed by atoms with Gasteiger partial charge in [-0.1, -0.05) is 60.7 Å². The topological polar surface area (TPSA) is 49.4 Å². The molecule has 4 heteroatoms. The number of amides is 2. The number of nitrogens with one attached hydrogen (secondary N) is 1. The van der Waals surface area contributed by atoms with E-state index in [4.69, 9.17) is 0 Å². The molecular formula is C21H24N2O2. The molecule has 0 atom stereocenters. The summed E-state index contributed by atoms with van der Waals surface area (Å²) in [5, 5.41) is 3.10. The molecule has 1 N–H and O–H groups in total. The van der Waals surface area contributed by atoms with Gasteiger partial charge in [0.05, 0.1) is 12.8 Å². The second-order valence-corrected chi connectivity index (χ2v) is 6.55. The van der Waals surface area contributed by atoms with Crippen LogP contribution in [0.1, 0.15) is 24.0 Å². The molecule has 0 aromatic heterocycles. The van der Waals surface area contributed by atoms with Gasteiger partial charge in [0.2, 0.25) is 11.8 Å². The highest BCUT2D eigenvalue weighted by molar-refractivity contribution is 5.80. The first-order valence-corrected chi connectivity index (χ1v) is 8.86. The van der Waals surface area contributed by atoms with Gasteiger partial charge in [-0.05, 0) is 24.0 Å². The van der Waals surface area contributed by atoms with Crippen molar-refractivity contribution in [2.75, 3.05) is 13.1 Å². The van der Waals surface area contributed by atoms with E-state index < -0.39 is 0 Å². The number of piperidine rings is 1. The predicted molar refractivity (Wildman–Crippen MR) is 98.0 cm³/mol. The molecule has 2 amide bonds. The van der Waals surface area contributed by atoms with Crippen molar-refractivity contribution in [3.63, 3.8) is 0 Å². The number of likely N-dealkylation sites (tertiary alicyclic amines) is 1. The average molecular weight is 336 g/mol. The molecule has 25 heavy (non-hydrogen) atoms. The highest BCUT2D eigenvalue weighted by Gasteiger charge is 2.23. The highest BCUT2D eigenvalue weighted by atomic mass is 16.2. The van der Waals surface area contributed by atoms with Gasteiger partial charge >= 0.3 is 0 Å². The summed E-state index contributed by atoms with van der Waals surface area (Å²) in [6.07, 6.45) is 2.50. The van der Waals surface area contributed by atoms with Crippen molar-refractivity contribution in [2.24, 2.45) is 0 Å². The fourth-order valence-corrected chi connectivity index (χ4v) is 3.22. The Morgan fingerprint density at radius 2 is 1.36 bits per heavy atom. The Kier molecular flexibility index (Phi) is 5.83. The van der Waals surface area contributed by atoms with Gasteiger partial charge in [0, 0.05) is 19.1 Å². The summed E-state index contributed by atoms with van der Waals surface area (Å²) in [6, 6.07) is 19.8. The van der Waals surface area contributed by atoms with Crippen LogP contribution in [0.4, 0.5) is 0 Å². The fraction of sp³-hybridized carbons (Fsp3) is 0.333. The van der Waals surface area contributed by atoms with Gasteiger partial charge in [-0.15, -0.1) is 0 Å². The van der Waals surface area contributed by atoms with Crippen molar-refractivity contribution in [3.05, 3.63) is 71.8 Å². The Morgan fingerprint density at radius 1 is 0.840 bits per heavy atom. The van der Waals surface area contributed by atoms with Crippen LogP contribution in [-0.2, 0) is 22.4 Å². The monoisotopic (exact) mass is 336 g/mol. The number of hydrogen-bond donors (Lipinski definition) is 1. The van der Waals surface area contributed by atoms with Gasteiger partial charge in [0.25, 0.3) is 0 Å². The van der Waals surface area contributed by atoms with Crippen LogP contribution in [0.3, 0.4) is 0 Å². The summed E-state index contributed by atoms with van der Waals surface area (Å²) >= 11 is 0. The third kappa shape index (κ3) is 5.18. The quantitative estimate of drug-likeness (QED) is 0.912. The third-order valence-corrected chi connectivity index (χ3v) is 4.62. The summed E-state index contributed by atoms with van der Waals surface area (Å²) in [5.41, 5.74) is 2.07. The first kappa shape index (κ1) is 17.2. The van der Waals surface area contributed by atoms with Crippen LogP contribution in [0.25, 0.3) is 0 Å². The number of carbonyl (C=O) groups excluding carboxylic acids is 2. The Morgan fingerprint density at radius 3 is 1.92 bits per heavy atom. The van der Waals surface area contributed by atoms with E-state index in [1.165, 1.54) is 0 Å².